The van der Waals surface area contributed by atoms with E-state index >= 15 is 0 Å². The Kier molecular flexibility index (Phi) is 6.97. The predicted octanol–water partition coefficient (Wildman–Crippen LogP) is 3.92. The van der Waals surface area contributed by atoms with Gasteiger partial charge in [0, 0.05) is 23.5 Å². The van der Waals surface area contributed by atoms with E-state index in [0.29, 0.717) is 44.8 Å². The minimum absolute atomic E-state index is 0.0425. The lowest BCUT2D eigenvalue weighted by Gasteiger charge is -2.15. The van der Waals surface area contributed by atoms with Crippen molar-refractivity contribution in [3.63, 3.8) is 0 Å². The Morgan fingerprint density at radius 3 is 2.34 bits per heavy atom. The third-order valence-electron chi connectivity index (χ3n) is 5.12. The average Bonchev–Trinajstić information content (AvgIpc) is 3.23. The summed E-state index contributed by atoms with van der Waals surface area (Å²) in [5.41, 5.74) is 2.13. The van der Waals surface area contributed by atoms with Gasteiger partial charge in [0.05, 0.1) is 38.3 Å². The highest BCUT2D eigenvalue weighted by Crippen LogP contribution is 2.40. The molecule has 0 fully saturated rings. The summed E-state index contributed by atoms with van der Waals surface area (Å²) in [6, 6.07) is 10.5. The molecule has 4 rings (SSSR count). The fourth-order valence-corrected chi connectivity index (χ4v) is 4.39. The fraction of sp³-hybridized carbons (Fsp3) is 0.208. The number of fused-ring (bicyclic) bond motifs is 1. The number of benzene rings is 2. The maximum Gasteiger partial charge on any atom is 0.283 e. The summed E-state index contributed by atoms with van der Waals surface area (Å²) in [6.45, 7) is 1.82. The largest absolute Gasteiger partial charge is 0.493 e. The number of carbonyl (C=O) groups is 1. The predicted molar refractivity (Wildman–Crippen MR) is 132 cm³/mol. The van der Waals surface area contributed by atoms with Gasteiger partial charge < -0.3 is 24.5 Å². The van der Waals surface area contributed by atoms with Crippen LogP contribution in [0.5, 0.6) is 17.2 Å². The van der Waals surface area contributed by atoms with Gasteiger partial charge in [0.2, 0.25) is 11.7 Å². The maximum absolute atomic E-state index is 13.5. The number of ether oxygens (including phenoxy) is 3. The fourth-order valence-electron chi connectivity index (χ4n) is 3.57. The van der Waals surface area contributed by atoms with Crippen molar-refractivity contribution in [1.82, 2.24) is 14.5 Å². The molecule has 182 valence electrons. The third kappa shape index (κ3) is 4.94. The molecule has 1 amide bonds. The van der Waals surface area contributed by atoms with Gasteiger partial charge in [-0.05, 0) is 37.3 Å². The molecule has 0 aliphatic heterocycles. The quantitative estimate of drug-likeness (QED) is 0.280. The summed E-state index contributed by atoms with van der Waals surface area (Å²) < 4.78 is 30.8. The lowest BCUT2D eigenvalue weighted by Crippen LogP contribution is -2.23. The van der Waals surface area contributed by atoms with Gasteiger partial charge in [-0.2, -0.15) is 0 Å². The average molecular weight is 499 g/mol. The molecule has 35 heavy (non-hydrogen) atoms. The molecular weight excluding hydrogens is 475 g/mol. The molecule has 0 spiro atoms. The van der Waals surface area contributed by atoms with Crippen molar-refractivity contribution in [2.24, 2.45) is 0 Å². The summed E-state index contributed by atoms with van der Waals surface area (Å²) in [5.74, 6) is 0.397. The van der Waals surface area contributed by atoms with E-state index in [-0.39, 0.29) is 17.2 Å². The minimum atomic E-state index is -0.425. The third-order valence-corrected chi connectivity index (χ3v) is 6.06. The Labute approximate surface area is 204 Å². The van der Waals surface area contributed by atoms with Crippen molar-refractivity contribution in [2.75, 3.05) is 32.4 Å². The van der Waals surface area contributed by atoms with Crippen LogP contribution in [0.25, 0.3) is 16.7 Å². The number of H-pyrrole nitrogens is 1. The first-order valence-corrected chi connectivity index (χ1v) is 11.4. The van der Waals surface area contributed by atoms with Gasteiger partial charge >= 0.3 is 0 Å². The van der Waals surface area contributed by atoms with Gasteiger partial charge in [0.25, 0.3) is 5.56 Å². The van der Waals surface area contributed by atoms with Gasteiger partial charge in [-0.15, -0.1) is 0 Å². The highest BCUT2D eigenvalue weighted by atomic mass is 32.2. The topological polar surface area (TPSA) is 107 Å². The number of aromatic amines is 1. The number of hydrogen-bond donors (Lipinski definition) is 2. The second kappa shape index (κ2) is 10.1. The van der Waals surface area contributed by atoms with Gasteiger partial charge in [0.1, 0.15) is 11.3 Å². The number of nitrogens with one attached hydrogen (secondary N) is 2. The van der Waals surface area contributed by atoms with Crippen LogP contribution in [0.2, 0.25) is 0 Å². The Bertz CT molecular complexity index is 1420. The molecule has 11 heteroatoms. The van der Waals surface area contributed by atoms with E-state index in [1.807, 2.05) is 6.92 Å². The number of carbonyl (C=O) groups excluding carboxylic acids is 1. The lowest BCUT2D eigenvalue weighted by atomic mass is 10.2. The van der Waals surface area contributed by atoms with Crippen LogP contribution < -0.4 is 25.1 Å². The Morgan fingerprint density at radius 2 is 1.74 bits per heavy atom. The molecular formula is C24H23FN4O5S. The van der Waals surface area contributed by atoms with Gasteiger partial charge in [-0.25, -0.2) is 9.37 Å². The standard InChI is InChI=1S/C24H23FN4O5S/c1-13-9-17-21(26-13)23(31)29(16-7-5-14(25)6-8-16)24(28-17)35-12-20(30)27-15-10-18(32-2)22(34-4)19(11-15)33-3/h5-11,26H,12H2,1-4H3,(H,27,30). The van der Waals surface area contributed by atoms with Crippen LogP contribution in [0.3, 0.4) is 0 Å². The molecule has 9 nitrogen and oxygen atoms in total. The number of nitrogens with zero attached hydrogens (tertiary/aromatic N) is 2. The monoisotopic (exact) mass is 498 g/mol. The molecule has 4 aromatic rings. The molecule has 2 heterocycles. The second-order valence-corrected chi connectivity index (χ2v) is 8.42. The molecule has 2 aromatic carbocycles. The number of rotatable bonds is 8. The van der Waals surface area contributed by atoms with E-state index in [4.69, 9.17) is 14.2 Å². The molecule has 0 aliphatic rings. The first-order valence-electron chi connectivity index (χ1n) is 10.5. The van der Waals surface area contributed by atoms with Crippen LogP contribution in [0.1, 0.15) is 5.69 Å². The molecule has 0 saturated heterocycles. The summed E-state index contributed by atoms with van der Waals surface area (Å²) >= 11 is 1.08. The number of halogens is 1. The number of thioether (sulfide) groups is 1. The normalized spacial score (nSPS) is 10.9. The first-order chi connectivity index (χ1) is 16.8. The number of amides is 1. The van der Waals surface area contributed by atoms with E-state index in [1.165, 1.54) is 50.2 Å². The van der Waals surface area contributed by atoms with Crippen LogP contribution in [0.4, 0.5) is 10.1 Å². The molecule has 0 aliphatic carbocycles. The number of aryl methyl sites for hydroxylation is 1. The SMILES string of the molecule is COc1cc(NC(=O)CSc2nc3cc(C)[nH]c3c(=O)n2-c2ccc(F)cc2)cc(OC)c1OC. The van der Waals surface area contributed by atoms with E-state index in [0.717, 1.165) is 17.5 Å². The Morgan fingerprint density at radius 1 is 1.09 bits per heavy atom. The van der Waals surface area contributed by atoms with Crippen LogP contribution in [-0.4, -0.2) is 47.5 Å². The number of aromatic nitrogens is 3. The van der Waals surface area contributed by atoms with Crippen LogP contribution in [0, 0.1) is 12.7 Å². The summed E-state index contributed by atoms with van der Waals surface area (Å²) in [4.78, 5) is 33.6. The zero-order valence-corrected chi connectivity index (χ0v) is 20.3. The Hall–Kier alpha value is -3.99. The van der Waals surface area contributed by atoms with Gasteiger partial charge in [-0.1, -0.05) is 11.8 Å². The van der Waals surface area contributed by atoms with Crippen LogP contribution in [-0.2, 0) is 4.79 Å². The zero-order chi connectivity index (χ0) is 25.1. The minimum Gasteiger partial charge on any atom is -0.493 e. The molecule has 2 N–H and O–H groups in total. The molecule has 0 saturated carbocycles. The van der Waals surface area contributed by atoms with Crippen LogP contribution in [0.15, 0.2) is 52.4 Å². The van der Waals surface area contributed by atoms with E-state index in [2.05, 4.69) is 15.3 Å². The van der Waals surface area contributed by atoms with Gasteiger partial charge in [0.15, 0.2) is 16.7 Å². The van der Waals surface area contributed by atoms with E-state index < -0.39 is 5.82 Å². The molecule has 0 radical (unpaired) electrons. The van der Waals surface area contributed by atoms with Crippen LogP contribution >= 0.6 is 11.8 Å². The van der Waals surface area contributed by atoms with Gasteiger partial charge in [-0.3, -0.25) is 14.2 Å². The first kappa shape index (κ1) is 24.1. The summed E-state index contributed by atoms with van der Waals surface area (Å²) in [5, 5.41) is 3.09. The van der Waals surface area contributed by atoms with Crippen molar-refractivity contribution in [3.05, 3.63) is 64.3 Å². The zero-order valence-electron chi connectivity index (χ0n) is 19.5. The molecule has 2 aromatic heterocycles. The lowest BCUT2D eigenvalue weighted by molar-refractivity contribution is -0.113. The van der Waals surface area contributed by atoms with Crippen molar-refractivity contribution in [3.8, 4) is 22.9 Å². The second-order valence-electron chi connectivity index (χ2n) is 7.47. The number of methoxy groups -OCH3 is 3. The Balaban J connectivity index is 1.63. The maximum atomic E-state index is 13.5. The van der Waals surface area contributed by atoms with Crippen molar-refractivity contribution in [2.45, 2.75) is 12.1 Å². The highest BCUT2D eigenvalue weighted by molar-refractivity contribution is 7.99. The van der Waals surface area contributed by atoms with Crippen molar-refractivity contribution >= 4 is 34.4 Å². The van der Waals surface area contributed by atoms with E-state index in [9.17, 15) is 14.0 Å². The number of hydrogen-bond acceptors (Lipinski definition) is 7. The highest BCUT2D eigenvalue weighted by Gasteiger charge is 2.18. The molecule has 0 bridgehead atoms. The summed E-state index contributed by atoms with van der Waals surface area (Å²) in [6.07, 6.45) is 0. The smallest absolute Gasteiger partial charge is 0.283 e. The molecule has 0 atom stereocenters. The molecule has 0 unspecified atom stereocenters. The number of anilines is 1. The van der Waals surface area contributed by atoms with E-state index in [1.54, 1.807) is 18.2 Å². The summed E-state index contributed by atoms with van der Waals surface area (Å²) in [7, 11) is 4.46. The van der Waals surface area contributed by atoms with Crippen molar-refractivity contribution < 1.29 is 23.4 Å². The van der Waals surface area contributed by atoms with Crippen molar-refractivity contribution in [1.29, 1.82) is 0 Å².